The van der Waals surface area contributed by atoms with Gasteiger partial charge in [-0.3, -0.25) is 4.79 Å². The first-order chi connectivity index (χ1) is 11.0. The molecule has 1 aromatic heterocycles. The number of fused-ring (bicyclic) bond motifs is 1. The Bertz CT molecular complexity index is 669. The molecule has 0 bridgehead atoms. The molecule has 2 N–H and O–H groups in total. The molecule has 7 heteroatoms. The van der Waals surface area contributed by atoms with Gasteiger partial charge in [0.15, 0.2) is 0 Å². The lowest BCUT2D eigenvalue weighted by molar-refractivity contribution is -0.136. The Kier molecular flexibility index (Phi) is 6.06. The first-order valence-electron chi connectivity index (χ1n) is 7.85. The van der Waals surface area contributed by atoms with Crippen LogP contribution in [0.25, 0.3) is 11.0 Å². The number of aliphatic carboxylic acids is 1. The largest absolute Gasteiger partial charge is 0.481 e. The van der Waals surface area contributed by atoms with Crippen molar-refractivity contribution in [2.75, 3.05) is 26.7 Å². The maximum Gasteiger partial charge on any atom is 0.303 e. The van der Waals surface area contributed by atoms with Crippen molar-refractivity contribution >= 4 is 17.0 Å². The summed E-state index contributed by atoms with van der Waals surface area (Å²) < 4.78 is 1.89. The van der Waals surface area contributed by atoms with Gasteiger partial charge in [0.2, 0.25) is 0 Å². The summed E-state index contributed by atoms with van der Waals surface area (Å²) in [5, 5.41) is 26.2. The number of aromatic nitrogens is 3. The summed E-state index contributed by atoms with van der Waals surface area (Å²) in [5.74, 6) is -0.792. The third-order valence-electron chi connectivity index (χ3n) is 4.05. The predicted molar refractivity (Wildman–Crippen MR) is 87.4 cm³/mol. The van der Waals surface area contributed by atoms with Crippen LogP contribution in [-0.2, 0) is 17.8 Å². The van der Waals surface area contributed by atoms with Gasteiger partial charge in [0.1, 0.15) is 5.52 Å². The number of hydrogen-bond acceptors (Lipinski definition) is 5. The lowest BCUT2D eigenvalue weighted by Gasteiger charge is -2.14. The second kappa shape index (κ2) is 8.03. The van der Waals surface area contributed by atoms with Crippen molar-refractivity contribution in [3.05, 3.63) is 23.3 Å². The van der Waals surface area contributed by atoms with E-state index in [1.54, 1.807) is 0 Å². The highest BCUT2D eigenvalue weighted by Gasteiger charge is 2.11. The first-order valence-corrected chi connectivity index (χ1v) is 7.85. The molecule has 0 amide bonds. The normalized spacial score (nSPS) is 11.5. The molecule has 0 aliphatic rings. The Morgan fingerprint density at radius 3 is 2.83 bits per heavy atom. The van der Waals surface area contributed by atoms with E-state index in [1.165, 1.54) is 0 Å². The Labute approximate surface area is 135 Å². The first kappa shape index (κ1) is 17.4. The molecule has 0 fully saturated rings. The predicted octanol–water partition coefficient (Wildman–Crippen LogP) is 1.07. The minimum Gasteiger partial charge on any atom is -0.481 e. The number of hydrogen-bond donors (Lipinski definition) is 2. The van der Waals surface area contributed by atoms with E-state index in [4.69, 9.17) is 10.2 Å². The summed E-state index contributed by atoms with van der Waals surface area (Å²) in [6.45, 7) is 4.45. The van der Waals surface area contributed by atoms with E-state index in [1.807, 2.05) is 30.8 Å². The standard InChI is InChI=1S/C16H24N4O3/c1-12-13(5-7-15(22)23)4-6-14-16(12)17-18-20(14)9-3-8-19(2)10-11-21/h4,6,21H,3,5,7-11H2,1-2H3,(H,22,23). The van der Waals surface area contributed by atoms with Crippen molar-refractivity contribution in [1.29, 1.82) is 0 Å². The molecule has 0 aliphatic carbocycles. The second-order valence-electron chi connectivity index (χ2n) is 5.80. The number of carbonyl (C=O) groups is 1. The van der Waals surface area contributed by atoms with Gasteiger partial charge in [-0.05, 0) is 50.6 Å². The van der Waals surface area contributed by atoms with Crippen LogP contribution in [0.1, 0.15) is 24.0 Å². The maximum absolute atomic E-state index is 10.7. The lowest BCUT2D eigenvalue weighted by atomic mass is 10.0. The van der Waals surface area contributed by atoms with Gasteiger partial charge in [-0.25, -0.2) is 4.68 Å². The topological polar surface area (TPSA) is 91.5 Å². The molecular weight excluding hydrogens is 296 g/mol. The van der Waals surface area contributed by atoms with E-state index < -0.39 is 5.97 Å². The minimum atomic E-state index is -0.792. The SMILES string of the molecule is Cc1c(CCC(=O)O)ccc2c1nnn2CCCN(C)CCO. The molecule has 0 spiro atoms. The van der Waals surface area contributed by atoms with Gasteiger partial charge in [-0.2, -0.15) is 0 Å². The molecular formula is C16H24N4O3. The van der Waals surface area contributed by atoms with E-state index >= 15 is 0 Å². The second-order valence-corrected chi connectivity index (χ2v) is 5.80. The molecule has 0 atom stereocenters. The number of rotatable bonds is 9. The van der Waals surface area contributed by atoms with E-state index in [0.717, 1.165) is 41.7 Å². The summed E-state index contributed by atoms with van der Waals surface area (Å²) in [6.07, 6.45) is 1.56. The third kappa shape index (κ3) is 4.49. The number of aliphatic hydroxyl groups excluding tert-OH is 1. The quantitative estimate of drug-likeness (QED) is 0.718. The van der Waals surface area contributed by atoms with Gasteiger partial charge in [-0.1, -0.05) is 11.3 Å². The van der Waals surface area contributed by atoms with Crippen LogP contribution in [0.5, 0.6) is 0 Å². The molecule has 7 nitrogen and oxygen atoms in total. The fraction of sp³-hybridized carbons (Fsp3) is 0.562. The number of benzene rings is 1. The molecule has 1 heterocycles. The molecule has 2 aromatic rings. The van der Waals surface area contributed by atoms with Crippen LogP contribution >= 0.6 is 0 Å². The molecule has 0 radical (unpaired) electrons. The third-order valence-corrected chi connectivity index (χ3v) is 4.05. The zero-order chi connectivity index (χ0) is 16.8. The van der Waals surface area contributed by atoms with Crippen molar-refractivity contribution in [2.45, 2.75) is 32.7 Å². The summed E-state index contributed by atoms with van der Waals surface area (Å²) in [7, 11) is 1.98. The lowest BCUT2D eigenvalue weighted by Crippen LogP contribution is -2.24. The van der Waals surface area contributed by atoms with Crippen LogP contribution in [0.4, 0.5) is 0 Å². The Morgan fingerprint density at radius 2 is 2.13 bits per heavy atom. The van der Waals surface area contributed by atoms with Crippen molar-refractivity contribution < 1.29 is 15.0 Å². The van der Waals surface area contributed by atoms with E-state index in [2.05, 4.69) is 15.2 Å². The average molecular weight is 320 g/mol. The van der Waals surface area contributed by atoms with Crippen molar-refractivity contribution in [3.63, 3.8) is 0 Å². The molecule has 23 heavy (non-hydrogen) atoms. The highest BCUT2D eigenvalue weighted by molar-refractivity contribution is 5.79. The summed E-state index contributed by atoms with van der Waals surface area (Å²) in [5.41, 5.74) is 3.84. The van der Waals surface area contributed by atoms with Crippen LogP contribution < -0.4 is 0 Å². The Hall–Kier alpha value is -1.99. The van der Waals surface area contributed by atoms with Crippen LogP contribution in [0.2, 0.25) is 0 Å². The fourth-order valence-electron chi connectivity index (χ4n) is 2.66. The highest BCUT2D eigenvalue weighted by Crippen LogP contribution is 2.21. The summed E-state index contributed by atoms with van der Waals surface area (Å²) in [4.78, 5) is 12.8. The van der Waals surface area contributed by atoms with E-state index in [-0.39, 0.29) is 13.0 Å². The average Bonchev–Trinajstić information content (AvgIpc) is 2.91. The van der Waals surface area contributed by atoms with E-state index in [0.29, 0.717) is 13.0 Å². The monoisotopic (exact) mass is 320 g/mol. The van der Waals surface area contributed by atoms with Gasteiger partial charge in [0.25, 0.3) is 0 Å². The van der Waals surface area contributed by atoms with Gasteiger partial charge in [0, 0.05) is 19.5 Å². The van der Waals surface area contributed by atoms with Crippen LogP contribution in [-0.4, -0.2) is 62.8 Å². The molecule has 0 saturated carbocycles. The van der Waals surface area contributed by atoms with Gasteiger partial charge in [0.05, 0.1) is 12.1 Å². The molecule has 1 aromatic carbocycles. The van der Waals surface area contributed by atoms with Gasteiger partial charge >= 0.3 is 5.97 Å². The number of carboxylic acid groups (broad SMARTS) is 1. The summed E-state index contributed by atoms with van der Waals surface area (Å²) >= 11 is 0. The van der Waals surface area contributed by atoms with Gasteiger partial charge in [-0.15, -0.1) is 5.10 Å². The molecule has 126 valence electrons. The fourth-order valence-corrected chi connectivity index (χ4v) is 2.66. The van der Waals surface area contributed by atoms with Crippen molar-refractivity contribution in [1.82, 2.24) is 19.9 Å². The molecule has 2 rings (SSSR count). The smallest absolute Gasteiger partial charge is 0.303 e. The van der Waals surface area contributed by atoms with Crippen LogP contribution in [0.3, 0.4) is 0 Å². The zero-order valence-corrected chi connectivity index (χ0v) is 13.7. The number of nitrogens with zero attached hydrogens (tertiary/aromatic N) is 4. The maximum atomic E-state index is 10.7. The van der Waals surface area contributed by atoms with Crippen LogP contribution in [0.15, 0.2) is 12.1 Å². The van der Waals surface area contributed by atoms with E-state index in [9.17, 15) is 4.79 Å². The highest BCUT2D eigenvalue weighted by atomic mass is 16.4. The van der Waals surface area contributed by atoms with Crippen LogP contribution in [0, 0.1) is 6.92 Å². The van der Waals surface area contributed by atoms with Gasteiger partial charge < -0.3 is 15.1 Å². The summed E-state index contributed by atoms with van der Waals surface area (Å²) in [6, 6.07) is 3.94. The molecule has 0 unspecified atom stereocenters. The minimum absolute atomic E-state index is 0.123. The number of carboxylic acids is 1. The number of likely N-dealkylation sites (N-methyl/N-ethyl adjacent to an activating group) is 1. The van der Waals surface area contributed by atoms with Crippen molar-refractivity contribution in [2.24, 2.45) is 0 Å². The number of aliphatic hydroxyl groups is 1. The Balaban J connectivity index is 2.06. The zero-order valence-electron chi connectivity index (χ0n) is 13.7. The molecule has 0 saturated heterocycles. The molecule has 0 aliphatic heterocycles. The number of aryl methyl sites for hydroxylation is 3. The van der Waals surface area contributed by atoms with Crippen molar-refractivity contribution in [3.8, 4) is 0 Å². The Morgan fingerprint density at radius 1 is 1.35 bits per heavy atom.